The Morgan fingerprint density at radius 3 is 2.87 bits per heavy atom. The maximum absolute atomic E-state index is 12.5. The number of thioether (sulfide) groups is 1. The van der Waals surface area contributed by atoms with Gasteiger partial charge < -0.3 is 10.6 Å². The highest BCUT2D eigenvalue weighted by atomic mass is 32.2. The second kappa shape index (κ2) is 7.37. The van der Waals surface area contributed by atoms with Gasteiger partial charge in [-0.2, -0.15) is 0 Å². The zero-order chi connectivity index (χ0) is 16.2. The minimum atomic E-state index is 0.166. The van der Waals surface area contributed by atoms with Gasteiger partial charge in [0.1, 0.15) is 0 Å². The molecule has 2 atom stereocenters. The predicted molar refractivity (Wildman–Crippen MR) is 97.6 cm³/mol. The molecule has 1 fully saturated rings. The number of nitrogens with zero attached hydrogens (tertiary/aromatic N) is 1. The smallest absolute Gasteiger partial charge is 0.232 e. The first-order valence-corrected chi connectivity index (χ1v) is 9.27. The van der Waals surface area contributed by atoms with Gasteiger partial charge >= 0.3 is 0 Å². The lowest BCUT2D eigenvalue weighted by molar-refractivity contribution is -0.130. The number of carbonyl (C=O) groups excluding carboxylic acids is 1. The highest BCUT2D eigenvalue weighted by Gasteiger charge is 2.25. The molecule has 0 radical (unpaired) electrons. The van der Waals surface area contributed by atoms with Crippen molar-refractivity contribution in [2.24, 2.45) is 11.7 Å². The Kier molecular flexibility index (Phi) is 5.23. The molecular formula is C19H24N2OS. The van der Waals surface area contributed by atoms with Crippen LogP contribution in [-0.2, 0) is 4.79 Å². The maximum atomic E-state index is 12.5. The number of fused-ring (bicyclic) bond motifs is 1. The number of likely N-dealkylation sites (tertiary alicyclic amines) is 1. The molecule has 0 spiro atoms. The molecule has 4 heteroatoms. The van der Waals surface area contributed by atoms with Crippen LogP contribution in [0.4, 0.5) is 0 Å². The number of piperidine rings is 1. The van der Waals surface area contributed by atoms with Gasteiger partial charge in [-0.05, 0) is 48.6 Å². The lowest BCUT2D eigenvalue weighted by Crippen LogP contribution is -2.45. The third-order valence-electron chi connectivity index (χ3n) is 4.64. The van der Waals surface area contributed by atoms with E-state index in [1.54, 1.807) is 11.8 Å². The fraction of sp³-hybridized carbons (Fsp3) is 0.421. The van der Waals surface area contributed by atoms with E-state index in [-0.39, 0.29) is 11.9 Å². The van der Waals surface area contributed by atoms with Crippen LogP contribution in [-0.4, -0.2) is 35.7 Å². The number of hydrogen-bond acceptors (Lipinski definition) is 3. The van der Waals surface area contributed by atoms with Crippen molar-refractivity contribution in [2.45, 2.75) is 30.7 Å². The topological polar surface area (TPSA) is 46.3 Å². The van der Waals surface area contributed by atoms with E-state index in [1.807, 2.05) is 24.0 Å². The Hall–Kier alpha value is -1.52. The van der Waals surface area contributed by atoms with Crippen LogP contribution in [0.1, 0.15) is 19.8 Å². The zero-order valence-corrected chi connectivity index (χ0v) is 14.4. The third kappa shape index (κ3) is 4.06. The molecule has 2 N–H and O–H groups in total. The second-order valence-electron chi connectivity index (χ2n) is 6.40. The molecule has 1 saturated heterocycles. The minimum Gasteiger partial charge on any atom is -0.342 e. The van der Waals surface area contributed by atoms with Gasteiger partial charge in [0.15, 0.2) is 0 Å². The molecular weight excluding hydrogens is 304 g/mol. The molecule has 2 aromatic rings. The Morgan fingerprint density at radius 1 is 1.30 bits per heavy atom. The highest BCUT2D eigenvalue weighted by Crippen LogP contribution is 2.25. The lowest BCUT2D eigenvalue weighted by atomic mass is 9.92. The summed E-state index contributed by atoms with van der Waals surface area (Å²) in [6.45, 7) is 3.73. The summed E-state index contributed by atoms with van der Waals surface area (Å²) >= 11 is 1.62. The number of benzene rings is 2. The van der Waals surface area contributed by atoms with Gasteiger partial charge in [-0.3, -0.25) is 4.79 Å². The van der Waals surface area contributed by atoms with Crippen LogP contribution in [0.2, 0.25) is 0 Å². The van der Waals surface area contributed by atoms with Gasteiger partial charge in [0.2, 0.25) is 5.91 Å². The summed E-state index contributed by atoms with van der Waals surface area (Å²) in [5.41, 5.74) is 6.00. The normalized spacial score (nSPS) is 19.7. The molecule has 3 nitrogen and oxygen atoms in total. The molecule has 1 aliphatic heterocycles. The Bertz CT molecular complexity index is 686. The largest absolute Gasteiger partial charge is 0.342 e. The van der Waals surface area contributed by atoms with Crippen LogP contribution in [0.25, 0.3) is 10.8 Å². The SMILES string of the molecule is CC(N)C1CCCN(C(=O)CSc2ccc3ccccc3c2)C1. The molecule has 0 aromatic heterocycles. The van der Waals surface area contributed by atoms with Gasteiger partial charge in [-0.25, -0.2) is 0 Å². The summed E-state index contributed by atoms with van der Waals surface area (Å²) < 4.78 is 0. The van der Waals surface area contributed by atoms with E-state index in [0.29, 0.717) is 11.7 Å². The second-order valence-corrected chi connectivity index (χ2v) is 7.45. The first-order valence-electron chi connectivity index (χ1n) is 8.28. The third-order valence-corrected chi connectivity index (χ3v) is 5.62. The monoisotopic (exact) mass is 328 g/mol. The zero-order valence-electron chi connectivity index (χ0n) is 13.6. The first kappa shape index (κ1) is 16.3. The van der Waals surface area contributed by atoms with Crippen LogP contribution < -0.4 is 5.73 Å². The van der Waals surface area contributed by atoms with Crippen molar-refractivity contribution in [3.63, 3.8) is 0 Å². The molecule has 2 aromatic carbocycles. The average Bonchev–Trinajstić information content (AvgIpc) is 2.59. The number of rotatable bonds is 4. The Morgan fingerprint density at radius 2 is 2.09 bits per heavy atom. The van der Waals surface area contributed by atoms with Crippen molar-refractivity contribution in [3.8, 4) is 0 Å². The first-order chi connectivity index (χ1) is 11.1. The minimum absolute atomic E-state index is 0.166. The molecule has 0 bridgehead atoms. The average molecular weight is 328 g/mol. The maximum Gasteiger partial charge on any atom is 0.232 e. The number of nitrogens with two attached hydrogens (primary N) is 1. The molecule has 1 heterocycles. The molecule has 1 aliphatic rings. The summed E-state index contributed by atoms with van der Waals surface area (Å²) in [7, 11) is 0. The standard InChI is InChI=1S/C19H24N2OS/c1-14(20)17-7-4-10-21(12-17)19(22)13-23-18-9-8-15-5-2-3-6-16(15)11-18/h2-3,5-6,8-9,11,14,17H,4,7,10,12-13,20H2,1H3. The summed E-state index contributed by atoms with van der Waals surface area (Å²) in [4.78, 5) is 15.6. The van der Waals surface area contributed by atoms with Gasteiger partial charge in [-0.1, -0.05) is 30.3 Å². The fourth-order valence-corrected chi connectivity index (χ4v) is 4.01. The van der Waals surface area contributed by atoms with Gasteiger partial charge in [0.05, 0.1) is 5.75 Å². The van der Waals surface area contributed by atoms with Crippen molar-refractivity contribution >= 4 is 28.4 Å². The quantitative estimate of drug-likeness (QED) is 0.874. The van der Waals surface area contributed by atoms with E-state index in [0.717, 1.165) is 30.8 Å². The highest BCUT2D eigenvalue weighted by molar-refractivity contribution is 8.00. The summed E-state index contributed by atoms with van der Waals surface area (Å²) in [5, 5.41) is 2.46. The number of amides is 1. The van der Waals surface area contributed by atoms with Crippen LogP contribution >= 0.6 is 11.8 Å². The van der Waals surface area contributed by atoms with Crippen LogP contribution in [0.3, 0.4) is 0 Å². The predicted octanol–water partition coefficient (Wildman–Crippen LogP) is 3.52. The van der Waals surface area contributed by atoms with Gasteiger partial charge in [-0.15, -0.1) is 11.8 Å². The van der Waals surface area contributed by atoms with Crippen LogP contribution in [0, 0.1) is 5.92 Å². The van der Waals surface area contributed by atoms with E-state index in [2.05, 4.69) is 30.3 Å². The Balaban J connectivity index is 1.59. The molecule has 3 rings (SSSR count). The van der Waals surface area contributed by atoms with Gasteiger partial charge in [0.25, 0.3) is 0 Å². The Labute approximate surface area is 142 Å². The summed E-state index contributed by atoms with van der Waals surface area (Å²) in [6, 6.07) is 14.9. The van der Waals surface area contributed by atoms with E-state index in [4.69, 9.17) is 5.73 Å². The van der Waals surface area contributed by atoms with Crippen molar-refractivity contribution in [2.75, 3.05) is 18.8 Å². The number of carbonyl (C=O) groups is 1. The molecule has 0 saturated carbocycles. The molecule has 0 aliphatic carbocycles. The molecule has 2 unspecified atom stereocenters. The number of hydrogen-bond donors (Lipinski definition) is 1. The van der Waals surface area contributed by atoms with E-state index in [1.165, 1.54) is 10.8 Å². The molecule has 122 valence electrons. The summed E-state index contributed by atoms with van der Waals surface area (Å²) in [6.07, 6.45) is 2.21. The van der Waals surface area contributed by atoms with Crippen molar-refractivity contribution in [1.29, 1.82) is 0 Å². The van der Waals surface area contributed by atoms with Crippen molar-refractivity contribution < 1.29 is 4.79 Å². The van der Waals surface area contributed by atoms with Crippen LogP contribution in [0.5, 0.6) is 0 Å². The van der Waals surface area contributed by atoms with E-state index >= 15 is 0 Å². The van der Waals surface area contributed by atoms with E-state index < -0.39 is 0 Å². The fourth-order valence-electron chi connectivity index (χ4n) is 3.16. The lowest BCUT2D eigenvalue weighted by Gasteiger charge is -2.34. The summed E-state index contributed by atoms with van der Waals surface area (Å²) in [5.74, 6) is 1.18. The molecule has 23 heavy (non-hydrogen) atoms. The van der Waals surface area contributed by atoms with Crippen molar-refractivity contribution in [3.05, 3.63) is 42.5 Å². The van der Waals surface area contributed by atoms with Gasteiger partial charge in [0, 0.05) is 24.0 Å². The van der Waals surface area contributed by atoms with Crippen LogP contribution in [0.15, 0.2) is 47.4 Å². The molecule has 1 amide bonds. The van der Waals surface area contributed by atoms with Crippen molar-refractivity contribution in [1.82, 2.24) is 4.90 Å². The van der Waals surface area contributed by atoms with E-state index in [9.17, 15) is 4.79 Å².